The van der Waals surface area contributed by atoms with Gasteiger partial charge in [0.1, 0.15) is 0 Å². The van der Waals surface area contributed by atoms with Crippen LogP contribution in [0.1, 0.15) is 31.2 Å². The second kappa shape index (κ2) is 9.36. The van der Waals surface area contributed by atoms with Crippen LogP contribution in [0.4, 0.5) is 5.69 Å². The maximum Gasteiger partial charge on any atom is 0.227 e. The molecular formula is C17H27Cl2N3O. The number of anilines is 1. The van der Waals surface area contributed by atoms with Crippen molar-refractivity contribution >= 4 is 36.4 Å². The second-order valence-electron chi connectivity index (χ2n) is 6.27. The van der Waals surface area contributed by atoms with Gasteiger partial charge < -0.3 is 10.6 Å². The molecule has 1 aliphatic heterocycles. The summed E-state index contributed by atoms with van der Waals surface area (Å²) in [6.45, 7) is 3.84. The maximum atomic E-state index is 12.4. The van der Waals surface area contributed by atoms with Gasteiger partial charge in [-0.25, -0.2) is 0 Å². The van der Waals surface area contributed by atoms with Crippen molar-refractivity contribution in [2.45, 2.75) is 38.1 Å². The van der Waals surface area contributed by atoms with Crippen LogP contribution in [-0.4, -0.2) is 47.9 Å². The number of carbonyl (C=O) groups excluding carboxylic acids is 1. The highest BCUT2D eigenvalue weighted by Gasteiger charge is 2.27. The van der Waals surface area contributed by atoms with E-state index in [0.29, 0.717) is 6.42 Å². The second-order valence-corrected chi connectivity index (χ2v) is 6.27. The van der Waals surface area contributed by atoms with Gasteiger partial charge in [0.25, 0.3) is 0 Å². The number of piperazine rings is 1. The number of benzene rings is 1. The monoisotopic (exact) mass is 359 g/mol. The molecule has 2 aliphatic rings. The molecule has 130 valence electrons. The molecule has 1 saturated carbocycles. The molecule has 1 aromatic rings. The lowest BCUT2D eigenvalue weighted by atomic mass is 10.1. The van der Waals surface area contributed by atoms with E-state index in [9.17, 15) is 4.79 Å². The lowest BCUT2D eigenvalue weighted by Gasteiger charge is -2.38. The van der Waals surface area contributed by atoms with E-state index in [1.807, 2.05) is 29.2 Å². The Morgan fingerprint density at radius 1 is 1.00 bits per heavy atom. The zero-order valence-electron chi connectivity index (χ0n) is 13.4. The van der Waals surface area contributed by atoms with Crippen LogP contribution in [0.15, 0.2) is 24.3 Å². The van der Waals surface area contributed by atoms with E-state index in [2.05, 4.69) is 4.90 Å². The molecule has 2 N–H and O–H groups in total. The number of hydrogen-bond acceptors (Lipinski definition) is 3. The Bertz CT molecular complexity index is 481. The molecular weight excluding hydrogens is 333 g/mol. The number of rotatable bonds is 3. The molecule has 1 amide bonds. The zero-order chi connectivity index (χ0) is 14.7. The molecule has 0 bridgehead atoms. The third-order valence-electron chi connectivity index (χ3n) is 4.84. The van der Waals surface area contributed by atoms with Gasteiger partial charge in [-0.05, 0) is 30.5 Å². The summed E-state index contributed by atoms with van der Waals surface area (Å²) in [7, 11) is 0. The van der Waals surface area contributed by atoms with E-state index < -0.39 is 0 Å². The molecule has 0 aromatic heterocycles. The molecule has 3 rings (SSSR count). The summed E-state index contributed by atoms with van der Waals surface area (Å²) in [5.74, 6) is 0.242. The molecule has 1 aromatic carbocycles. The number of hydrogen-bond donors (Lipinski definition) is 1. The topological polar surface area (TPSA) is 49.6 Å². The largest absolute Gasteiger partial charge is 0.399 e. The summed E-state index contributed by atoms with van der Waals surface area (Å²) in [6.07, 6.45) is 5.93. The van der Waals surface area contributed by atoms with Crippen LogP contribution in [0.3, 0.4) is 0 Å². The van der Waals surface area contributed by atoms with Crippen molar-refractivity contribution in [3.8, 4) is 0 Å². The highest BCUT2D eigenvalue weighted by Crippen LogP contribution is 2.24. The van der Waals surface area contributed by atoms with Crippen LogP contribution in [-0.2, 0) is 11.2 Å². The van der Waals surface area contributed by atoms with Crippen molar-refractivity contribution in [3.63, 3.8) is 0 Å². The van der Waals surface area contributed by atoms with E-state index >= 15 is 0 Å². The van der Waals surface area contributed by atoms with Crippen molar-refractivity contribution in [3.05, 3.63) is 29.8 Å². The average Bonchev–Trinajstić information content (AvgIpc) is 3.04. The lowest BCUT2D eigenvalue weighted by Crippen LogP contribution is -2.51. The number of carbonyl (C=O) groups is 1. The first-order chi connectivity index (χ1) is 10.2. The van der Waals surface area contributed by atoms with Crippen LogP contribution >= 0.6 is 24.8 Å². The minimum Gasteiger partial charge on any atom is -0.399 e. The third-order valence-corrected chi connectivity index (χ3v) is 4.84. The van der Waals surface area contributed by atoms with Crippen molar-refractivity contribution < 1.29 is 4.79 Å². The normalized spacial score (nSPS) is 19.0. The Balaban J connectivity index is 0.00000132. The Morgan fingerprint density at radius 3 is 2.13 bits per heavy atom. The summed E-state index contributed by atoms with van der Waals surface area (Å²) in [5.41, 5.74) is 7.47. The molecule has 1 heterocycles. The van der Waals surface area contributed by atoms with Gasteiger partial charge in [0.05, 0.1) is 6.42 Å². The fraction of sp³-hybridized carbons (Fsp3) is 0.588. The predicted molar refractivity (Wildman–Crippen MR) is 99.5 cm³/mol. The van der Waals surface area contributed by atoms with Gasteiger partial charge >= 0.3 is 0 Å². The van der Waals surface area contributed by atoms with E-state index in [1.54, 1.807) is 0 Å². The number of halogens is 2. The molecule has 23 heavy (non-hydrogen) atoms. The van der Waals surface area contributed by atoms with Gasteiger partial charge in [-0.15, -0.1) is 24.8 Å². The van der Waals surface area contributed by atoms with E-state index in [1.165, 1.54) is 25.7 Å². The smallest absolute Gasteiger partial charge is 0.227 e. The first kappa shape index (κ1) is 20.1. The highest BCUT2D eigenvalue weighted by atomic mass is 35.5. The molecule has 4 nitrogen and oxygen atoms in total. The number of nitrogens with zero attached hydrogens (tertiary/aromatic N) is 2. The molecule has 0 atom stereocenters. The first-order valence-corrected chi connectivity index (χ1v) is 8.08. The SMILES string of the molecule is Cl.Cl.Nc1ccc(CC(=O)N2CCN(C3CCCC3)CC2)cc1. The van der Waals surface area contributed by atoms with Crippen molar-refractivity contribution in [2.24, 2.45) is 0 Å². The summed E-state index contributed by atoms with van der Waals surface area (Å²) in [5, 5.41) is 0. The van der Waals surface area contributed by atoms with Gasteiger partial charge in [-0.2, -0.15) is 0 Å². The van der Waals surface area contributed by atoms with Gasteiger partial charge in [0.15, 0.2) is 0 Å². The summed E-state index contributed by atoms with van der Waals surface area (Å²) in [6, 6.07) is 8.39. The summed E-state index contributed by atoms with van der Waals surface area (Å²) >= 11 is 0. The minimum absolute atomic E-state index is 0. The van der Waals surface area contributed by atoms with E-state index in [0.717, 1.165) is 43.5 Å². The lowest BCUT2D eigenvalue weighted by molar-refractivity contribution is -0.132. The Hall–Kier alpha value is -0.970. The fourth-order valence-electron chi connectivity index (χ4n) is 3.53. The molecule has 1 aliphatic carbocycles. The molecule has 0 unspecified atom stereocenters. The van der Waals surface area contributed by atoms with Crippen molar-refractivity contribution in [1.29, 1.82) is 0 Å². The number of amides is 1. The molecule has 6 heteroatoms. The molecule has 0 spiro atoms. The van der Waals surface area contributed by atoms with Crippen LogP contribution in [0.25, 0.3) is 0 Å². The van der Waals surface area contributed by atoms with Crippen molar-refractivity contribution in [1.82, 2.24) is 9.80 Å². The maximum absolute atomic E-state index is 12.4. The van der Waals surface area contributed by atoms with Crippen molar-refractivity contribution in [2.75, 3.05) is 31.9 Å². The van der Waals surface area contributed by atoms with E-state index in [4.69, 9.17) is 5.73 Å². The first-order valence-electron chi connectivity index (χ1n) is 8.08. The third kappa shape index (κ3) is 5.27. The summed E-state index contributed by atoms with van der Waals surface area (Å²) in [4.78, 5) is 17.0. The molecule has 2 fully saturated rings. The minimum atomic E-state index is 0. The van der Waals surface area contributed by atoms with Crippen LogP contribution in [0.2, 0.25) is 0 Å². The Morgan fingerprint density at radius 2 is 1.57 bits per heavy atom. The highest BCUT2D eigenvalue weighted by molar-refractivity contribution is 5.85. The van der Waals surface area contributed by atoms with Crippen LogP contribution in [0.5, 0.6) is 0 Å². The Labute approximate surface area is 151 Å². The summed E-state index contributed by atoms with van der Waals surface area (Å²) < 4.78 is 0. The Kier molecular flexibility index (Phi) is 8.17. The zero-order valence-corrected chi connectivity index (χ0v) is 15.1. The molecule has 0 radical (unpaired) electrons. The molecule has 1 saturated heterocycles. The fourth-order valence-corrected chi connectivity index (χ4v) is 3.53. The predicted octanol–water partition coefficient (Wildman–Crippen LogP) is 2.74. The van der Waals surface area contributed by atoms with Gasteiger partial charge in [0.2, 0.25) is 5.91 Å². The van der Waals surface area contributed by atoms with Crippen LogP contribution < -0.4 is 5.73 Å². The number of nitrogens with two attached hydrogens (primary N) is 1. The standard InChI is InChI=1S/C17H25N3O.2ClH/c18-15-7-5-14(6-8-15)13-17(21)20-11-9-19(10-12-20)16-3-1-2-4-16;;/h5-8,16H,1-4,9-13,18H2;2*1H. The van der Waals surface area contributed by atoms with Gasteiger partial charge in [-0.3, -0.25) is 9.69 Å². The van der Waals surface area contributed by atoms with Gasteiger partial charge in [0, 0.05) is 37.9 Å². The van der Waals surface area contributed by atoms with Crippen LogP contribution in [0, 0.1) is 0 Å². The average molecular weight is 360 g/mol. The van der Waals surface area contributed by atoms with Gasteiger partial charge in [-0.1, -0.05) is 25.0 Å². The van der Waals surface area contributed by atoms with E-state index in [-0.39, 0.29) is 30.7 Å². The number of nitrogen functional groups attached to an aromatic ring is 1. The quantitative estimate of drug-likeness (QED) is 0.844.